The van der Waals surface area contributed by atoms with Crippen LogP contribution in [0.3, 0.4) is 0 Å². The zero-order valence-electron chi connectivity index (χ0n) is 10.6. The van der Waals surface area contributed by atoms with Crippen LogP contribution in [0.25, 0.3) is 0 Å². The first-order valence-electron chi connectivity index (χ1n) is 5.94. The highest BCUT2D eigenvalue weighted by Crippen LogP contribution is 2.19. The maximum absolute atomic E-state index is 8.57. The van der Waals surface area contributed by atoms with E-state index in [1.807, 2.05) is 6.07 Å². The molecule has 6 heteroatoms. The van der Waals surface area contributed by atoms with Crippen molar-refractivity contribution in [1.82, 2.24) is 4.98 Å². The lowest BCUT2D eigenvalue weighted by molar-refractivity contribution is -0.00523. The predicted octanol–water partition coefficient (Wildman–Crippen LogP) is 0.790. The Hall–Kier alpha value is -1.82. The topological polar surface area (TPSA) is 84.0 Å². The number of anilines is 1. The van der Waals surface area contributed by atoms with Crippen LogP contribution in [0.1, 0.15) is 19.5 Å². The van der Waals surface area contributed by atoms with Gasteiger partial charge in [-0.3, -0.25) is 4.98 Å². The van der Waals surface area contributed by atoms with Crippen LogP contribution in [0.5, 0.6) is 0 Å². The molecule has 2 unspecified atom stereocenters. The summed E-state index contributed by atoms with van der Waals surface area (Å²) in [5.74, 6) is 0.0188. The molecule has 0 bridgehead atoms. The van der Waals surface area contributed by atoms with Crippen molar-refractivity contribution >= 4 is 11.5 Å². The molecule has 0 saturated carbocycles. The Balaban J connectivity index is 2.14. The smallest absolute Gasteiger partial charge is 0.188 e. The number of oxime groups is 1. The number of ether oxygens (including phenoxy) is 1. The second kappa shape index (κ2) is 5.22. The number of aromatic nitrogens is 1. The van der Waals surface area contributed by atoms with Gasteiger partial charge in [0, 0.05) is 13.1 Å². The highest BCUT2D eigenvalue weighted by atomic mass is 16.5. The van der Waals surface area contributed by atoms with Gasteiger partial charge in [0.25, 0.3) is 0 Å². The Labute approximate surface area is 106 Å². The van der Waals surface area contributed by atoms with E-state index in [0.29, 0.717) is 5.69 Å². The molecule has 1 aliphatic heterocycles. The van der Waals surface area contributed by atoms with Crippen LogP contribution >= 0.6 is 0 Å². The summed E-state index contributed by atoms with van der Waals surface area (Å²) in [6, 6.07) is 3.67. The molecule has 18 heavy (non-hydrogen) atoms. The lowest BCUT2D eigenvalue weighted by Crippen LogP contribution is -2.45. The van der Waals surface area contributed by atoms with Crippen LogP contribution < -0.4 is 10.6 Å². The van der Waals surface area contributed by atoms with Gasteiger partial charge in [-0.15, -0.1) is 0 Å². The second-order valence-corrected chi connectivity index (χ2v) is 4.55. The third-order valence-electron chi connectivity index (χ3n) is 2.90. The SMILES string of the molecule is CC1CN(c2ccc(/C(N)=N/O)nc2)CC(C)O1. The van der Waals surface area contributed by atoms with Gasteiger partial charge in [0.15, 0.2) is 5.84 Å². The summed E-state index contributed by atoms with van der Waals surface area (Å²) in [6.07, 6.45) is 2.15. The van der Waals surface area contributed by atoms with E-state index in [-0.39, 0.29) is 18.0 Å². The van der Waals surface area contributed by atoms with E-state index in [1.54, 1.807) is 12.3 Å². The molecule has 1 fully saturated rings. The maximum atomic E-state index is 8.57. The first kappa shape index (κ1) is 12.6. The minimum atomic E-state index is 0.0188. The average molecular weight is 250 g/mol. The van der Waals surface area contributed by atoms with Crippen LogP contribution in [0.2, 0.25) is 0 Å². The van der Waals surface area contributed by atoms with Crippen molar-refractivity contribution in [2.24, 2.45) is 10.9 Å². The van der Waals surface area contributed by atoms with E-state index in [2.05, 4.69) is 28.9 Å². The van der Waals surface area contributed by atoms with Gasteiger partial charge in [-0.25, -0.2) is 0 Å². The Kier molecular flexibility index (Phi) is 3.66. The molecule has 3 N–H and O–H groups in total. The molecule has 2 rings (SSSR count). The molecule has 0 amide bonds. The zero-order chi connectivity index (χ0) is 13.1. The third-order valence-corrected chi connectivity index (χ3v) is 2.90. The fraction of sp³-hybridized carbons (Fsp3) is 0.500. The van der Waals surface area contributed by atoms with E-state index in [9.17, 15) is 0 Å². The van der Waals surface area contributed by atoms with Crippen LogP contribution in [0, 0.1) is 0 Å². The van der Waals surface area contributed by atoms with E-state index >= 15 is 0 Å². The van der Waals surface area contributed by atoms with Gasteiger partial charge < -0.3 is 20.6 Å². The predicted molar refractivity (Wildman–Crippen MR) is 69.0 cm³/mol. The number of amidine groups is 1. The van der Waals surface area contributed by atoms with Crippen molar-refractivity contribution in [2.75, 3.05) is 18.0 Å². The molecule has 98 valence electrons. The van der Waals surface area contributed by atoms with Crippen molar-refractivity contribution < 1.29 is 9.94 Å². The molecule has 2 heterocycles. The molecule has 1 aromatic heterocycles. The third kappa shape index (κ3) is 2.70. The van der Waals surface area contributed by atoms with Crippen molar-refractivity contribution in [3.05, 3.63) is 24.0 Å². The highest BCUT2D eigenvalue weighted by Gasteiger charge is 2.22. The number of hydrogen-bond acceptors (Lipinski definition) is 5. The molecule has 1 aromatic rings. The molecule has 1 saturated heterocycles. The molecule has 0 spiro atoms. The monoisotopic (exact) mass is 250 g/mol. The standard InChI is InChI=1S/C12H18N4O2/c1-8-6-16(7-9(2)18-8)10-3-4-11(14-5-10)12(13)15-17/h3-5,8-9,17H,6-7H2,1-2H3,(H2,13,15). The normalized spacial score (nSPS) is 25.2. The van der Waals surface area contributed by atoms with Gasteiger partial charge >= 0.3 is 0 Å². The molecular formula is C12H18N4O2. The Morgan fingerprint density at radius 1 is 1.44 bits per heavy atom. The van der Waals surface area contributed by atoms with Crippen molar-refractivity contribution in [2.45, 2.75) is 26.1 Å². The fourth-order valence-corrected chi connectivity index (χ4v) is 2.16. The van der Waals surface area contributed by atoms with Gasteiger partial charge in [0.2, 0.25) is 0 Å². The quantitative estimate of drug-likeness (QED) is 0.351. The lowest BCUT2D eigenvalue weighted by atomic mass is 10.2. The first-order chi connectivity index (χ1) is 8.60. The Bertz CT molecular complexity index is 422. The highest BCUT2D eigenvalue weighted by molar-refractivity contribution is 5.95. The van der Waals surface area contributed by atoms with Gasteiger partial charge in [0.1, 0.15) is 5.69 Å². The van der Waals surface area contributed by atoms with Crippen LogP contribution in [-0.2, 0) is 4.74 Å². The zero-order valence-corrected chi connectivity index (χ0v) is 10.6. The number of nitrogens with zero attached hydrogens (tertiary/aromatic N) is 3. The maximum Gasteiger partial charge on any atom is 0.188 e. The number of rotatable bonds is 2. The summed E-state index contributed by atoms with van der Waals surface area (Å²) in [4.78, 5) is 6.40. The van der Waals surface area contributed by atoms with Crippen LogP contribution in [-0.4, -0.2) is 41.3 Å². The Morgan fingerprint density at radius 2 is 2.11 bits per heavy atom. The summed E-state index contributed by atoms with van der Waals surface area (Å²) < 4.78 is 5.68. The lowest BCUT2D eigenvalue weighted by Gasteiger charge is -2.36. The fourth-order valence-electron chi connectivity index (χ4n) is 2.16. The number of morpholine rings is 1. The largest absolute Gasteiger partial charge is 0.409 e. The number of hydrogen-bond donors (Lipinski definition) is 2. The van der Waals surface area contributed by atoms with E-state index in [4.69, 9.17) is 15.7 Å². The first-order valence-corrected chi connectivity index (χ1v) is 5.94. The van der Waals surface area contributed by atoms with Gasteiger partial charge in [-0.05, 0) is 26.0 Å². The summed E-state index contributed by atoms with van der Waals surface area (Å²) in [6.45, 7) is 5.80. The average Bonchev–Trinajstić information content (AvgIpc) is 2.37. The molecule has 0 radical (unpaired) electrons. The van der Waals surface area contributed by atoms with Crippen LogP contribution in [0.15, 0.2) is 23.5 Å². The molecular weight excluding hydrogens is 232 g/mol. The summed E-state index contributed by atoms with van der Waals surface area (Å²) >= 11 is 0. The van der Waals surface area contributed by atoms with E-state index in [0.717, 1.165) is 18.8 Å². The minimum Gasteiger partial charge on any atom is -0.409 e. The van der Waals surface area contributed by atoms with Gasteiger partial charge in [0.05, 0.1) is 24.1 Å². The molecule has 6 nitrogen and oxygen atoms in total. The summed E-state index contributed by atoms with van der Waals surface area (Å²) in [5, 5.41) is 11.5. The van der Waals surface area contributed by atoms with Crippen molar-refractivity contribution in [3.8, 4) is 0 Å². The molecule has 1 aliphatic rings. The number of pyridine rings is 1. The van der Waals surface area contributed by atoms with Gasteiger partial charge in [-0.2, -0.15) is 0 Å². The Morgan fingerprint density at radius 3 is 2.61 bits per heavy atom. The summed E-state index contributed by atoms with van der Waals surface area (Å²) in [7, 11) is 0. The second-order valence-electron chi connectivity index (χ2n) is 4.55. The van der Waals surface area contributed by atoms with E-state index < -0.39 is 0 Å². The molecule has 0 aromatic carbocycles. The minimum absolute atomic E-state index is 0.0188. The van der Waals surface area contributed by atoms with Gasteiger partial charge in [-0.1, -0.05) is 5.16 Å². The van der Waals surface area contributed by atoms with Crippen molar-refractivity contribution in [3.63, 3.8) is 0 Å². The van der Waals surface area contributed by atoms with Crippen LogP contribution in [0.4, 0.5) is 5.69 Å². The van der Waals surface area contributed by atoms with E-state index in [1.165, 1.54) is 0 Å². The molecule has 2 atom stereocenters. The summed E-state index contributed by atoms with van der Waals surface area (Å²) in [5.41, 5.74) is 6.96. The number of nitrogens with two attached hydrogens (primary N) is 1. The molecule has 0 aliphatic carbocycles. The van der Waals surface area contributed by atoms with Crippen molar-refractivity contribution in [1.29, 1.82) is 0 Å².